The van der Waals surface area contributed by atoms with Crippen molar-refractivity contribution in [3.05, 3.63) is 36.3 Å². The lowest BCUT2D eigenvalue weighted by Crippen LogP contribution is -1.98. The minimum absolute atomic E-state index is 0.251. The molecule has 0 aromatic carbocycles. The Labute approximate surface area is 77.0 Å². The second-order valence-electron chi connectivity index (χ2n) is 2.58. The maximum atomic E-state index is 11.0. The summed E-state index contributed by atoms with van der Waals surface area (Å²) >= 11 is 0. The van der Waals surface area contributed by atoms with E-state index in [4.69, 9.17) is 4.42 Å². The number of carbonyl (C=O) groups excluding carboxylic acids is 1. The standard InChI is InChI=1S/C10H12O3/c1-3-4-5-8-6-7-9(13-8)10(11)12-2/h3,6-7H,1,4-5H2,2H3. The maximum absolute atomic E-state index is 11.0. The summed E-state index contributed by atoms with van der Waals surface area (Å²) in [5.74, 6) is 0.590. The van der Waals surface area contributed by atoms with Gasteiger partial charge in [-0.15, -0.1) is 6.58 Å². The Kier molecular flexibility index (Phi) is 3.31. The van der Waals surface area contributed by atoms with E-state index in [2.05, 4.69) is 11.3 Å². The van der Waals surface area contributed by atoms with Crippen LogP contribution in [-0.2, 0) is 11.2 Å². The highest BCUT2D eigenvalue weighted by Crippen LogP contribution is 2.10. The molecular weight excluding hydrogens is 168 g/mol. The van der Waals surface area contributed by atoms with Crippen molar-refractivity contribution in [2.45, 2.75) is 12.8 Å². The molecule has 0 aliphatic heterocycles. The summed E-state index contributed by atoms with van der Waals surface area (Å²) in [5.41, 5.74) is 0. The minimum atomic E-state index is -0.440. The van der Waals surface area contributed by atoms with Crippen molar-refractivity contribution in [1.29, 1.82) is 0 Å². The lowest BCUT2D eigenvalue weighted by atomic mass is 10.2. The van der Waals surface area contributed by atoms with E-state index >= 15 is 0 Å². The van der Waals surface area contributed by atoms with Crippen molar-refractivity contribution in [2.24, 2.45) is 0 Å². The SMILES string of the molecule is C=CCCc1ccc(C(=O)OC)o1. The zero-order valence-electron chi connectivity index (χ0n) is 7.58. The number of hydrogen-bond acceptors (Lipinski definition) is 3. The number of ether oxygens (including phenoxy) is 1. The van der Waals surface area contributed by atoms with Gasteiger partial charge >= 0.3 is 5.97 Å². The first-order chi connectivity index (χ1) is 6.27. The largest absolute Gasteiger partial charge is 0.463 e. The summed E-state index contributed by atoms with van der Waals surface area (Å²) in [6.07, 6.45) is 3.41. The Balaban J connectivity index is 2.63. The Bertz CT molecular complexity index is 299. The van der Waals surface area contributed by atoms with Crippen molar-refractivity contribution in [3.8, 4) is 0 Å². The second kappa shape index (κ2) is 4.50. The van der Waals surface area contributed by atoms with Crippen molar-refractivity contribution in [1.82, 2.24) is 0 Å². The Hall–Kier alpha value is -1.51. The molecular formula is C10H12O3. The van der Waals surface area contributed by atoms with E-state index in [1.807, 2.05) is 0 Å². The van der Waals surface area contributed by atoms with Gasteiger partial charge in [0, 0.05) is 6.42 Å². The second-order valence-corrected chi connectivity index (χ2v) is 2.58. The van der Waals surface area contributed by atoms with Crippen molar-refractivity contribution >= 4 is 5.97 Å². The van der Waals surface area contributed by atoms with Crippen LogP contribution in [0.25, 0.3) is 0 Å². The number of rotatable bonds is 4. The molecule has 0 radical (unpaired) electrons. The minimum Gasteiger partial charge on any atom is -0.463 e. The summed E-state index contributed by atoms with van der Waals surface area (Å²) in [7, 11) is 1.33. The molecule has 0 bridgehead atoms. The van der Waals surface area contributed by atoms with Gasteiger partial charge in [-0.25, -0.2) is 4.79 Å². The molecule has 0 unspecified atom stereocenters. The topological polar surface area (TPSA) is 39.4 Å². The van der Waals surface area contributed by atoms with Crippen molar-refractivity contribution in [3.63, 3.8) is 0 Å². The fourth-order valence-electron chi connectivity index (χ4n) is 0.967. The lowest BCUT2D eigenvalue weighted by molar-refractivity contribution is 0.0563. The molecule has 3 nitrogen and oxygen atoms in total. The summed E-state index contributed by atoms with van der Waals surface area (Å²) in [6, 6.07) is 3.39. The van der Waals surface area contributed by atoms with Gasteiger partial charge < -0.3 is 9.15 Å². The first-order valence-electron chi connectivity index (χ1n) is 4.06. The molecule has 0 aliphatic carbocycles. The van der Waals surface area contributed by atoms with Crippen LogP contribution in [0.5, 0.6) is 0 Å². The molecule has 0 atom stereocenters. The van der Waals surface area contributed by atoms with Gasteiger partial charge in [-0.3, -0.25) is 0 Å². The quantitative estimate of drug-likeness (QED) is 0.526. The molecule has 3 heteroatoms. The predicted molar refractivity (Wildman–Crippen MR) is 48.6 cm³/mol. The zero-order chi connectivity index (χ0) is 9.68. The lowest BCUT2D eigenvalue weighted by Gasteiger charge is -1.93. The van der Waals surface area contributed by atoms with E-state index < -0.39 is 5.97 Å². The fourth-order valence-corrected chi connectivity index (χ4v) is 0.967. The molecule has 0 amide bonds. The van der Waals surface area contributed by atoms with Gasteiger partial charge in [-0.2, -0.15) is 0 Å². The van der Waals surface area contributed by atoms with Crippen LogP contribution in [0.15, 0.2) is 29.2 Å². The van der Waals surface area contributed by atoms with Gasteiger partial charge in [-0.05, 0) is 18.6 Å². The third-order valence-electron chi connectivity index (χ3n) is 1.64. The van der Waals surface area contributed by atoms with Gasteiger partial charge in [0.25, 0.3) is 0 Å². The highest BCUT2D eigenvalue weighted by atomic mass is 16.5. The Morgan fingerprint density at radius 2 is 2.46 bits per heavy atom. The van der Waals surface area contributed by atoms with Crippen LogP contribution in [0.4, 0.5) is 0 Å². The van der Waals surface area contributed by atoms with Crippen LogP contribution in [0.2, 0.25) is 0 Å². The highest BCUT2D eigenvalue weighted by Gasteiger charge is 2.09. The summed E-state index contributed by atoms with van der Waals surface area (Å²) in [6.45, 7) is 3.60. The molecule has 0 aliphatic rings. The van der Waals surface area contributed by atoms with E-state index in [1.165, 1.54) is 7.11 Å². The average Bonchev–Trinajstić information content (AvgIpc) is 2.62. The molecule has 0 N–H and O–H groups in total. The van der Waals surface area contributed by atoms with Crippen molar-refractivity contribution < 1.29 is 13.9 Å². The molecule has 1 heterocycles. The van der Waals surface area contributed by atoms with E-state index in [0.29, 0.717) is 0 Å². The highest BCUT2D eigenvalue weighted by molar-refractivity contribution is 5.86. The third-order valence-corrected chi connectivity index (χ3v) is 1.64. The molecule has 70 valence electrons. The first kappa shape index (κ1) is 9.58. The van der Waals surface area contributed by atoms with Gasteiger partial charge in [0.05, 0.1) is 7.11 Å². The molecule has 0 fully saturated rings. The monoisotopic (exact) mass is 180 g/mol. The zero-order valence-corrected chi connectivity index (χ0v) is 7.58. The number of allylic oxidation sites excluding steroid dienone is 1. The summed E-state index contributed by atoms with van der Waals surface area (Å²) in [4.78, 5) is 11.0. The van der Waals surface area contributed by atoms with Crippen LogP contribution in [-0.4, -0.2) is 13.1 Å². The van der Waals surface area contributed by atoms with Gasteiger partial charge in [-0.1, -0.05) is 6.08 Å². The van der Waals surface area contributed by atoms with Crippen LogP contribution < -0.4 is 0 Å². The molecule has 0 spiro atoms. The maximum Gasteiger partial charge on any atom is 0.373 e. The third kappa shape index (κ3) is 2.47. The number of aryl methyl sites for hydroxylation is 1. The Morgan fingerprint density at radius 3 is 3.08 bits per heavy atom. The Morgan fingerprint density at radius 1 is 1.69 bits per heavy atom. The van der Waals surface area contributed by atoms with Crippen LogP contribution in [0.1, 0.15) is 22.7 Å². The molecule has 0 saturated heterocycles. The molecule has 0 saturated carbocycles. The number of hydrogen-bond donors (Lipinski definition) is 0. The van der Waals surface area contributed by atoms with Gasteiger partial charge in [0.15, 0.2) is 0 Å². The van der Waals surface area contributed by atoms with Crippen LogP contribution in [0.3, 0.4) is 0 Å². The molecule has 13 heavy (non-hydrogen) atoms. The fraction of sp³-hybridized carbons (Fsp3) is 0.300. The molecule has 1 rings (SSSR count). The van der Waals surface area contributed by atoms with E-state index in [9.17, 15) is 4.79 Å². The predicted octanol–water partition coefficient (Wildman–Crippen LogP) is 2.18. The first-order valence-corrected chi connectivity index (χ1v) is 4.06. The average molecular weight is 180 g/mol. The number of furan rings is 1. The molecule has 1 aromatic rings. The normalized spacial score (nSPS) is 9.62. The van der Waals surface area contributed by atoms with Gasteiger partial charge in [0.1, 0.15) is 5.76 Å². The summed E-state index contributed by atoms with van der Waals surface area (Å²) < 4.78 is 9.72. The van der Waals surface area contributed by atoms with Gasteiger partial charge in [0.2, 0.25) is 5.76 Å². The molecule has 1 aromatic heterocycles. The number of methoxy groups -OCH3 is 1. The van der Waals surface area contributed by atoms with E-state index in [0.717, 1.165) is 18.6 Å². The number of carbonyl (C=O) groups is 1. The number of esters is 1. The smallest absolute Gasteiger partial charge is 0.373 e. The van der Waals surface area contributed by atoms with Crippen LogP contribution in [0, 0.1) is 0 Å². The van der Waals surface area contributed by atoms with E-state index in [-0.39, 0.29) is 5.76 Å². The van der Waals surface area contributed by atoms with Crippen LogP contribution >= 0.6 is 0 Å². The summed E-state index contributed by atoms with van der Waals surface area (Å²) in [5, 5.41) is 0. The van der Waals surface area contributed by atoms with E-state index in [1.54, 1.807) is 18.2 Å². The van der Waals surface area contributed by atoms with Crippen molar-refractivity contribution in [2.75, 3.05) is 7.11 Å².